The Morgan fingerprint density at radius 3 is 1.31 bits per heavy atom. The second-order valence-electron chi connectivity index (χ2n) is 11.2. The van der Waals surface area contributed by atoms with Gasteiger partial charge in [0.2, 0.25) is 0 Å². The molecule has 0 N–H and O–H groups in total. The van der Waals surface area contributed by atoms with Crippen molar-refractivity contribution in [2.45, 2.75) is 0 Å². The van der Waals surface area contributed by atoms with E-state index in [2.05, 4.69) is 175 Å². The lowest BCUT2D eigenvalue weighted by Crippen LogP contribution is -2.12. The predicted molar refractivity (Wildman–Crippen MR) is 190 cm³/mol. The van der Waals surface area contributed by atoms with Crippen molar-refractivity contribution in [3.8, 4) is 33.4 Å². The zero-order chi connectivity index (χ0) is 30.0. The van der Waals surface area contributed by atoms with Gasteiger partial charge in [0.05, 0.1) is 5.69 Å². The molecule has 0 fully saturated rings. The molecule has 0 aliphatic carbocycles. The molecule has 0 aliphatic rings. The van der Waals surface area contributed by atoms with E-state index >= 15 is 0 Å². The third kappa shape index (κ3) is 4.93. The molecule has 7 aromatic carbocycles. The topological polar surface area (TPSA) is 16.1 Å². The lowest BCUT2D eigenvalue weighted by molar-refractivity contribution is 1.19. The van der Waals surface area contributed by atoms with Crippen LogP contribution in [0.2, 0.25) is 0 Å². The Bertz CT molecular complexity index is 2090. The lowest BCUT2D eigenvalue weighted by atomic mass is 9.87. The molecule has 0 saturated carbocycles. The third-order valence-corrected chi connectivity index (χ3v) is 8.46. The summed E-state index contributed by atoms with van der Waals surface area (Å²) < 4.78 is 0. The molecule has 8 rings (SSSR count). The fraction of sp³-hybridized carbons (Fsp3) is 0. The Labute approximate surface area is 263 Å². The summed E-state index contributed by atoms with van der Waals surface area (Å²) in [5, 5.41) is 4.75. The van der Waals surface area contributed by atoms with Crippen LogP contribution in [0.15, 0.2) is 182 Å². The van der Waals surface area contributed by atoms with Crippen LogP contribution in [0.1, 0.15) is 0 Å². The lowest BCUT2D eigenvalue weighted by Gasteiger charge is -2.28. The van der Waals surface area contributed by atoms with Crippen molar-refractivity contribution in [3.05, 3.63) is 182 Å². The molecule has 0 aliphatic heterocycles. The van der Waals surface area contributed by atoms with Crippen LogP contribution in [0.25, 0.3) is 54.9 Å². The van der Waals surface area contributed by atoms with E-state index in [1.54, 1.807) is 0 Å². The quantitative estimate of drug-likeness (QED) is 0.184. The number of hydrogen-bond acceptors (Lipinski definition) is 2. The zero-order valence-corrected chi connectivity index (χ0v) is 24.7. The first-order valence-electron chi connectivity index (χ1n) is 15.3. The van der Waals surface area contributed by atoms with Gasteiger partial charge < -0.3 is 0 Å². The minimum absolute atomic E-state index is 0.879. The Morgan fingerprint density at radius 1 is 0.356 bits per heavy atom. The number of rotatable bonds is 6. The minimum atomic E-state index is 0.879. The average molecular weight is 575 g/mol. The van der Waals surface area contributed by atoms with Gasteiger partial charge in [-0.15, -0.1) is 0 Å². The van der Waals surface area contributed by atoms with E-state index in [-0.39, 0.29) is 0 Å². The normalized spacial score (nSPS) is 11.1. The molecule has 0 atom stereocenters. The smallest absolute Gasteiger partial charge is 0.137 e. The average Bonchev–Trinajstić information content (AvgIpc) is 3.13. The van der Waals surface area contributed by atoms with Gasteiger partial charge in [0.25, 0.3) is 0 Å². The van der Waals surface area contributed by atoms with Crippen LogP contribution in [0.4, 0.5) is 17.2 Å². The van der Waals surface area contributed by atoms with Gasteiger partial charge in [-0.2, -0.15) is 0 Å². The molecule has 0 spiro atoms. The molecule has 45 heavy (non-hydrogen) atoms. The van der Waals surface area contributed by atoms with Crippen LogP contribution >= 0.6 is 0 Å². The van der Waals surface area contributed by atoms with Crippen LogP contribution in [-0.4, -0.2) is 4.98 Å². The summed E-state index contributed by atoms with van der Waals surface area (Å²) in [7, 11) is 0. The highest BCUT2D eigenvalue weighted by Gasteiger charge is 2.23. The predicted octanol–water partition coefficient (Wildman–Crippen LogP) is 11.9. The standard InChI is InChI=1S/C43H30N2/c1-4-16-31(17-5-1)33-28-34(32-18-6-2-7-19-32)30-35(29-33)42-37-22-10-12-24-39(37)43(40-25-13-11-23-38(40)42)45(36-20-8-3-9-21-36)41-26-14-15-27-44-41/h1-30H. The maximum Gasteiger partial charge on any atom is 0.137 e. The molecule has 0 radical (unpaired) electrons. The van der Waals surface area contributed by atoms with Crippen molar-refractivity contribution < 1.29 is 0 Å². The molecule has 8 aromatic rings. The summed E-state index contributed by atoms with van der Waals surface area (Å²) in [5.41, 5.74) is 9.41. The van der Waals surface area contributed by atoms with Gasteiger partial charge in [0.1, 0.15) is 5.82 Å². The van der Waals surface area contributed by atoms with E-state index in [0.29, 0.717) is 0 Å². The van der Waals surface area contributed by atoms with Gasteiger partial charge >= 0.3 is 0 Å². The first-order valence-corrected chi connectivity index (χ1v) is 15.3. The maximum atomic E-state index is 4.84. The summed E-state index contributed by atoms with van der Waals surface area (Å²) in [4.78, 5) is 7.14. The van der Waals surface area contributed by atoms with Crippen LogP contribution in [-0.2, 0) is 0 Å². The largest absolute Gasteiger partial charge is 0.294 e. The Hall–Kier alpha value is -5.99. The molecule has 212 valence electrons. The number of para-hydroxylation sites is 1. The van der Waals surface area contributed by atoms with E-state index in [1.165, 1.54) is 54.9 Å². The molecular weight excluding hydrogens is 544 g/mol. The molecule has 0 amide bonds. The fourth-order valence-corrected chi connectivity index (χ4v) is 6.46. The van der Waals surface area contributed by atoms with Gasteiger partial charge in [-0.25, -0.2) is 4.98 Å². The van der Waals surface area contributed by atoms with Gasteiger partial charge in [-0.3, -0.25) is 4.90 Å². The van der Waals surface area contributed by atoms with Crippen molar-refractivity contribution in [2.75, 3.05) is 4.90 Å². The molecule has 0 unspecified atom stereocenters. The highest BCUT2D eigenvalue weighted by molar-refractivity contribution is 6.22. The molecular formula is C43H30N2. The number of anilines is 3. The molecule has 2 nitrogen and oxygen atoms in total. The second kappa shape index (κ2) is 11.6. The first-order chi connectivity index (χ1) is 22.3. The van der Waals surface area contributed by atoms with Gasteiger partial charge in [-0.05, 0) is 86.6 Å². The summed E-state index contributed by atoms with van der Waals surface area (Å²) >= 11 is 0. The highest BCUT2D eigenvalue weighted by atomic mass is 15.2. The summed E-state index contributed by atoms with van der Waals surface area (Å²) in [6, 6.07) is 62.6. The van der Waals surface area contributed by atoms with Gasteiger partial charge in [0.15, 0.2) is 0 Å². The molecule has 0 saturated heterocycles. The van der Waals surface area contributed by atoms with Crippen molar-refractivity contribution in [3.63, 3.8) is 0 Å². The summed E-state index contributed by atoms with van der Waals surface area (Å²) in [6.45, 7) is 0. The minimum Gasteiger partial charge on any atom is -0.294 e. The van der Waals surface area contributed by atoms with Crippen molar-refractivity contribution >= 4 is 38.7 Å². The van der Waals surface area contributed by atoms with Crippen molar-refractivity contribution in [2.24, 2.45) is 0 Å². The van der Waals surface area contributed by atoms with Gasteiger partial charge in [-0.1, -0.05) is 133 Å². The molecule has 1 heterocycles. The number of pyridine rings is 1. The van der Waals surface area contributed by atoms with Gasteiger partial charge in [0, 0.05) is 22.7 Å². The van der Waals surface area contributed by atoms with Crippen LogP contribution in [0.3, 0.4) is 0 Å². The maximum absolute atomic E-state index is 4.84. The number of nitrogens with zero attached hydrogens (tertiary/aromatic N) is 2. The third-order valence-electron chi connectivity index (χ3n) is 8.46. The van der Waals surface area contributed by atoms with Crippen LogP contribution in [0, 0.1) is 0 Å². The Kier molecular flexibility index (Phi) is 6.86. The van der Waals surface area contributed by atoms with Crippen LogP contribution < -0.4 is 4.90 Å². The van der Waals surface area contributed by atoms with Crippen molar-refractivity contribution in [1.82, 2.24) is 4.98 Å². The monoisotopic (exact) mass is 574 g/mol. The Balaban J connectivity index is 1.47. The van der Waals surface area contributed by atoms with E-state index in [0.717, 1.165) is 17.2 Å². The number of benzene rings is 7. The molecule has 0 bridgehead atoms. The van der Waals surface area contributed by atoms with E-state index < -0.39 is 0 Å². The highest BCUT2D eigenvalue weighted by Crippen LogP contribution is 2.48. The number of aromatic nitrogens is 1. The zero-order valence-electron chi connectivity index (χ0n) is 24.7. The fourth-order valence-electron chi connectivity index (χ4n) is 6.46. The molecule has 2 heteroatoms. The van der Waals surface area contributed by atoms with E-state index in [9.17, 15) is 0 Å². The number of hydrogen-bond donors (Lipinski definition) is 0. The number of fused-ring (bicyclic) bond motifs is 2. The SMILES string of the molecule is c1ccc(-c2cc(-c3ccccc3)cc(-c3c4ccccc4c(N(c4ccccc4)c4ccccn4)c4ccccc34)c2)cc1. The van der Waals surface area contributed by atoms with Crippen LogP contribution in [0.5, 0.6) is 0 Å². The van der Waals surface area contributed by atoms with E-state index in [1.807, 2.05) is 12.3 Å². The Morgan fingerprint density at radius 2 is 0.800 bits per heavy atom. The summed E-state index contributed by atoms with van der Waals surface area (Å²) in [5.74, 6) is 0.879. The first kappa shape index (κ1) is 26.6. The molecule has 1 aromatic heterocycles. The summed E-state index contributed by atoms with van der Waals surface area (Å²) in [6.07, 6.45) is 1.87. The van der Waals surface area contributed by atoms with Crippen molar-refractivity contribution in [1.29, 1.82) is 0 Å². The second-order valence-corrected chi connectivity index (χ2v) is 11.2. The van der Waals surface area contributed by atoms with E-state index in [4.69, 9.17) is 4.98 Å².